The summed E-state index contributed by atoms with van der Waals surface area (Å²) in [7, 11) is 0. The molecule has 0 bridgehead atoms. The molecule has 7 nitrogen and oxygen atoms in total. The van der Waals surface area contributed by atoms with E-state index in [1.807, 2.05) is 53.9 Å². The lowest BCUT2D eigenvalue weighted by molar-refractivity contribution is 0.0526. The number of carbonyl (C=O) groups is 1. The van der Waals surface area contributed by atoms with Gasteiger partial charge in [-0.15, -0.1) is 11.3 Å². The zero-order valence-electron chi connectivity index (χ0n) is 15.6. The highest BCUT2D eigenvalue weighted by Gasteiger charge is 2.18. The average molecular weight is 403 g/mol. The third-order valence-electron chi connectivity index (χ3n) is 3.97. The molecule has 0 aliphatic heterocycles. The van der Waals surface area contributed by atoms with Crippen LogP contribution < -0.4 is 5.32 Å². The van der Waals surface area contributed by atoms with Gasteiger partial charge in [0.15, 0.2) is 16.8 Å². The first kappa shape index (κ1) is 18.7. The minimum absolute atomic E-state index is 0.251. The summed E-state index contributed by atoms with van der Waals surface area (Å²) in [5, 5.41) is 5.63. The van der Waals surface area contributed by atoms with Gasteiger partial charge in [0.05, 0.1) is 12.3 Å². The van der Waals surface area contributed by atoms with Crippen LogP contribution in [0.1, 0.15) is 17.3 Å². The third kappa shape index (κ3) is 4.27. The Morgan fingerprint density at radius 2 is 1.86 bits per heavy atom. The van der Waals surface area contributed by atoms with Crippen LogP contribution in [-0.4, -0.2) is 32.5 Å². The topological polar surface area (TPSA) is 89.9 Å². The summed E-state index contributed by atoms with van der Waals surface area (Å²) < 4.78 is 5.14. The molecule has 3 heterocycles. The number of benzene rings is 1. The number of hydrogen-bond donors (Lipinski definition) is 1. The SMILES string of the molecule is CCOC(=O)c1cnc(-c2ccccc2)nc1Nc1nc(-c2ccccn2)cs1. The van der Waals surface area contributed by atoms with E-state index in [1.54, 1.807) is 13.1 Å². The van der Waals surface area contributed by atoms with E-state index in [0.29, 0.717) is 16.8 Å². The van der Waals surface area contributed by atoms with Crippen molar-refractivity contribution >= 4 is 28.3 Å². The molecule has 0 radical (unpaired) electrons. The third-order valence-corrected chi connectivity index (χ3v) is 4.73. The number of esters is 1. The van der Waals surface area contributed by atoms with Gasteiger partial charge in [-0.3, -0.25) is 4.98 Å². The number of ether oxygens (including phenoxy) is 1. The van der Waals surface area contributed by atoms with E-state index in [1.165, 1.54) is 17.5 Å². The Labute approximate surface area is 171 Å². The molecule has 4 aromatic rings. The fourth-order valence-electron chi connectivity index (χ4n) is 2.63. The van der Waals surface area contributed by atoms with Gasteiger partial charge < -0.3 is 10.1 Å². The van der Waals surface area contributed by atoms with Crippen molar-refractivity contribution in [2.75, 3.05) is 11.9 Å². The normalized spacial score (nSPS) is 10.5. The quantitative estimate of drug-likeness (QED) is 0.471. The Morgan fingerprint density at radius 1 is 1.03 bits per heavy atom. The first-order valence-corrected chi connectivity index (χ1v) is 9.86. The Bertz CT molecular complexity index is 1120. The van der Waals surface area contributed by atoms with Crippen LogP contribution >= 0.6 is 11.3 Å². The molecule has 0 saturated carbocycles. The van der Waals surface area contributed by atoms with Gasteiger partial charge >= 0.3 is 5.97 Å². The van der Waals surface area contributed by atoms with Crippen molar-refractivity contribution in [3.05, 3.63) is 71.9 Å². The maximum Gasteiger partial charge on any atom is 0.343 e. The highest BCUT2D eigenvalue weighted by molar-refractivity contribution is 7.14. The molecule has 0 atom stereocenters. The largest absolute Gasteiger partial charge is 0.462 e. The van der Waals surface area contributed by atoms with E-state index >= 15 is 0 Å². The summed E-state index contributed by atoms with van der Waals surface area (Å²) in [6, 6.07) is 15.2. The summed E-state index contributed by atoms with van der Waals surface area (Å²) in [5.74, 6) is 0.359. The van der Waals surface area contributed by atoms with Gasteiger partial charge in [0.25, 0.3) is 0 Å². The minimum atomic E-state index is -0.490. The molecule has 0 spiro atoms. The predicted octanol–water partition coefficient (Wildman–Crippen LogP) is 4.58. The van der Waals surface area contributed by atoms with Crippen LogP contribution in [0.4, 0.5) is 10.9 Å². The van der Waals surface area contributed by atoms with Crippen LogP contribution in [0.5, 0.6) is 0 Å². The molecule has 0 unspecified atom stereocenters. The Balaban J connectivity index is 1.69. The first-order valence-electron chi connectivity index (χ1n) is 8.98. The van der Waals surface area contributed by atoms with Gasteiger partial charge in [-0.25, -0.2) is 19.7 Å². The zero-order chi connectivity index (χ0) is 20.1. The van der Waals surface area contributed by atoms with Gasteiger partial charge in [0, 0.05) is 23.3 Å². The number of nitrogens with zero attached hydrogens (tertiary/aromatic N) is 4. The standard InChI is InChI=1S/C21H17N5O2S/c1-2-28-20(27)15-12-23-18(14-8-4-3-5-9-14)25-19(15)26-21-24-17(13-29-21)16-10-6-7-11-22-16/h3-13H,2H2,1H3,(H,23,24,25,26). The van der Waals surface area contributed by atoms with Gasteiger partial charge in [0.1, 0.15) is 11.3 Å². The first-order chi connectivity index (χ1) is 14.2. The number of rotatable bonds is 6. The van der Waals surface area contributed by atoms with Crippen LogP contribution in [0.2, 0.25) is 0 Å². The lowest BCUT2D eigenvalue weighted by atomic mass is 10.2. The Kier molecular flexibility index (Phi) is 5.53. The highest BCUT2D eigenvalue weighted by Crippen LogP contribution is 2.28. The van der Waals surface area contributed by atoms with E-state index in [-0.39, 0.29) is 12.2 Å². The summed E-state index contributed by atoms with van der Waals surface area (Å²) in [4.78, 5) is 30.1. The van der Waals surface area contributed by atoms with Crippen molar-refractivity contribution in [1.82, 2.24) is 19.9 Å². The molecule has 8 heteroatoms. The second kappa shape index (κ2) is 8.57. The van der Waals surface area contributed by atoms with Crippen LogP contribution in [0.25, 0.3) is 22.8 Å². The molecule has 0 saturated heterocycles. The van der Waals surface area contributed by atoms with Crippen molar-refractivity contribution < 1.29 is 9.53 Å². The fourth-order valence-corrected chi connectivity index (χ4v) is 3.33. The minimum Gasteiger partial charge on any atom is -0.462 e. The lowest BCUT2D eigenvalue weighted by Crippen LogP contribution is -2.11. The number of nitrogens with one attached hydrogen (secondary N) is 1. The van der Waals surface area contributed by atoms with Gasteiger partial charge in [0.2, 0.25) is 0 Å². The second-order valence-corrected chi connectivity index (χ2v) is 6.78. The molecule has 29 heavy (non-hydrogen) atoms. The number of thiazole rings is 1. The van der Waals surface area contributed by atoms with E-state index in [9.17, 15) is 4.79 Å². The number of pyridine rings is 1. The molecular formula is C21H17N5O2S. The molecule has 1 aromatic carbocycles. The van der Waals surface area contributed by atoms with E-state index in [4.69, 9.17) is 4.74 Å². The molecule has 144 valence electrons. The summed E-state index contributed by atoms with van der Waals surface area (Å²) in [6.45, 7) is 2.02. The smallest absolute Gasteiger partial charge is 0.343 e. The number of aromatic nitrogens is 4. The van der Waals surface area contributed by atoms with Gasteiger partial charge in [-0.2, -0.15) is 0 Å². The lowest BCUT2D eigenvalue weighted by Gasteiger charge is -2.10. The second-order valence-electron chi connectivity index (χ2n) is 5.92. The van der Waals surface area contributed by atoms with Crippen LogP contribution in [0, 0.1) is 0 Å². The number of carbonyl (C=O) groups excluding carboxylic acids is 1. The van der Waals surface area contributed by atoms with Crippen molar-refractivity contribution in [2.24, 2.45) is 0 Å². The fraction of sp³-hybridized carbons (Fsp3) is 0.0952. The zero-order valence-corrected chi connectivity index (χ0v) is 16.4. The molecule has 1 N–H and O–H groups in total. The van der Waals surface area contributed by atoms with E-state index in [0.717, 1.165) is 17.0 Å². The number of anilines is 2. The molecular weight excluding hydrogens is 386 g/mol. The van der Waals surface area contributed by atoms with Crippen LogP contribution in [-0.2, 0) is 4.74 Å². The van der Waals surface area contributed by atoms with Crippen molar-refractivity contribution in [3.8, 4) is 22.8 Å². The van der Waals surface area contributed by atoms with E-state index < -0.39 is 5.97 Å². The van der Waals surface area contributed by atoms with Crippen LogP contribution in [0.3, 0.4) is 0 Å². The van der Waals surface area contributed by atoms with Gasteiger partial charge in [-0.05, 0) is 19.1 Å². The van der Waals surface area contributed by atoms with Crippen LogP contribution in [0.15, 0.2) is 66.3 Å². The molecule has 0 fully saturated rings. The van der Waals surface area contributed by atoms with Gasteiger partial charge in [-0.1, -0.05) is 36.4 Å². The maximum atomic E-state index is 12.4. The molecule has 0 amide bonds. The van der Waals surface area contributed by atoms with Crippen molar-refractivity contribution in [2.45, 2.75) is 6.92 Å². The molecule has 0 aliphatic rings. The maximum absolute atomic E-state index is 12.4. The predicted molar refractivity (Wildman–Crippen MR) is 112 cm³/mol. The molecule has 3 aromatic heterocycles. The monoisotopic (exact) mass is 403 g/mol. The Morgan fingerprint density at radius 3 is 2.62 bits per heavy atom. The molecule has 4 rings (SSSR count). The Hall–Kier alpha value is -3.65. The van der Waals surface area contributed by atoms with Crippen molar-refractivity contribution in [3.63, 3.8) is 0 Å². The summed E-state index contributed by atoms with van der Waals surface area (Å²) in [5.41, 5.74) is 2.61. The highest BCUT2D eigenvalue weighted by atomic mass is 32.1. The average Bonchev–Trinajstić information content (AvgIpc) is 3.24. The summed E-state index contributed by atoms with van der Waals surface area (Å²) >= 11 is 1.40. The van der Waals surface area contributed by atoms with E-state index in [2.05, 4.69) is 25.3 Å². The number of hydrogen-bond acceptors (Lipinski definition) is 8. The van der Waals surface area contributed by atoms with Crippen molar-refractivity contribution in [1.29, 1.82) is 0 Å². The summed E-state index contributed by atoms with van der Waals surface area (Å²) in [6.07, 6.45) is 3.19. The molecule has 0 aliphatic carbocycles.